The minimum absolute atomic E-state index is 0.0559. The van der Waals surface area contributed by atoms with E-state index in [1.807, 2.05) is 23.6 Å². The highest BCUT2D eigenvalue weighted by molar-refractivity contribution is 7.12. The fourth-order valence-electron chi connectivity index (χ4n) is 3.86. The Kier molecular flexibility index (Phi) is 6.99. The largest absolute Gasteiger partial charge is 0.484 e. The van der Waals surface area contributed by atoms with E-state index in [0.29, 0.717) is 27.9 Å². The van der Waals surface area contributed by atoms with E-state index >= 15 is 0 Å². The standard InChI is InChI=1S/C25H26N2O3S/c28-24(17-30-22-14-8-19(9-15-22)18-5-2-1-3-6-18)26-20-10-12-21(13-11-20)27-25(29)23-7-4-16-31-23/h4,7-16,18H,1-3,5-6,17H2,(H,26,28)(H,27,29). The third-order valence-corrected chi connectivity index (χ3v) is 6.37. The number of thiophene rings is 1. The van der Waals surface area contributed by atoms with Crippen molar-refractivity contribution in [1.29, 1.82) is 0 Å². The molecule has 4 rings (SSSR count). The summed E-state index contributed by atoms with van der Waals surface area (Å²) in [4.78, 5) is 24.9. The number of amides is 2. The second kappa shape index (κ2) is 10.3. The zero-order valence-corrected chi connectivity index (χ0v) is 18.1. The summed E-state index contributed by atoms with van der Waals surface area (Å²) in [6.07, 6.45) is 6.49. The molecule has 2 aromatic carbocycles. The number of ether oxygens (including phenoxy) is 1. The van der Waals surface area contributed by atoms with E-state index in [9.17, 15) is 9.59 Å². The van der Waals surface area contributed by atoms with Crippen LogP contribution in [0, 0.1) is 0 Å². The Bertz CT molecular complexity index is 992. The third-order valence-electron chi connectivity index (χ3n) is 5.50. The molecule has 1 saturated carbocycles. The molecule has 1 fully saturated rings. The van der Waals surface area contributed by atoms with Crippen molar-refractivity contribution in [3.63, 3.8) is 0 Å². The molecule has 5 nitrogen and oxygen atoms in total. The first-order valence-corrected chi connectivity index (χ1v) is 11.5. The maximum Gasteiger partial charge on any atom is 0.265 e. The van der Waals surface area contributed by atoms with Crippen molar-refractivity contribution in [2.75, 3.05) is 17.2 Å². The predicted octanol–water partition coefficient (Wildman–Crippen LogP) is 6.07. The molecule has 0 bridgehead atoms. The molecule has 0 saturated heterocycles. The summed E-state index contributed by atoms with van der Waals surface area (Å²) in [5, 5.41) is 7.50. The number of carbonyl (C=O) groups is 2. The number of carbonyl (C=O) groups excluding carboxylic acids is 2. The van der Waals surface area contributed by atoms with E-state index < -0.39 is 0 Å². The normalized spacial score (nSPS) is 14.1. The summed E-state index contributed by atoms with van der Waals surface area (Å²) < 4.78 is 5.63. The fraction of sp³-hybridized carbons (Fsp3) is 0.280. The van der Waals surface area contributed by atoms with Gasteiger partial charge in [-0.2, -0.15) is 0 Å². The lowest BCUT2D eigenvalue weighted by Gasteiger charge is -2.22. The molecule has 6 heteroatoms. The summed E-state index contributed by atoms with van der Waals surface area (Å²) >= 11 is 1.39. The summed E-state index contributed by atoms with van der Waals surface area (Å²) in [5.74, 6) is 0.979. The van der Waals surface area contributed by atoms with Crippen molar-refractivity contribution < 1.29 is 14.3 Å². The van der Waals surface area contributed by atoms with Crippen LogP contribution in [0.25, 0.3) is 0 Å². The Labute approximate surface area is 186 Å². The van der Waals surface area contributed by atoms with Crippen molar-refractivity contribution in [2.24, 2.45) is 0 Å². The van der Waals surface area contributed by atoms with Gasteiger partial charge in [-0.1, -0.05) is 37.5 Å². The molecule has 0 radical (unpaired) electrons. The van der Waals surface area contributed by atoms with Gasteiger partial charge in [0.15, 0.2) is 6.61 Å². The van der Waals surface area contributed by atoms with E-state index in [2.05, 4.69) is 22.8 Å². The van der Waals surface area contributed by atoms with E-state index in [4.69, 9.17) is 4.74 Å². The van der Waals surface area contributed by atoms with Gasteiger partial charge >= 0.3 is 0 Å². The lowest BCUT2D eigenvalue weighted by atomic mass is 9.84. The van der Waals surface area contributed by atoms with Crippen LogP contribution in [0.1, 0.15) is 53.3 Å². The van der Waals surface area contributed by atoms with E-state index in [1.165, 1.54) is 49.0 Å². The van der Waals surface area contributed by atoms with Gasteiger partial charge in [0.1, 0.15) is 5.75 Å². The lowest BCUT2D eigenvalue weighted by molar-refractivity contribution is -0.118. The van der Waals surface area contributed by atoms with Gasteiger partial charge in [0.05, 0.1) is 4.88 Å². The van der Waals surface area contributed by atoms with E-state index in [0.717, 1.165) is 0 Å². The first-order chi connectivity index (χ1) is 15.2. The maximum absolute atomic E-state index is 12.2. The van der Waals surface area contributed by atoms with Crippen LogP contribution in [0.15, 0.2) is 66.0 Å². The van der Waals surface area contributed by atoms with Gasteiger partial charge in [-0.05, 0) is 72.2 Å². The highest BCUT2D eigenvalue weighted by atomic mass is 32.1. The van der Waals surface area contributed by atoms with Crippen molar-refractivity contribution in [3.8, 4) is 5.75 Å². The second-order valence-electron chi connectivity index (χ2n) is 7.75. The van der Waals surface area contributed by atoms with Gasteiger partial charge < -0.3 is 15.4 Å². The molecule has 1 aliphatic carbocycles. The van der Waals surface area contributed by atoms with Gasteiger partial charge in [-0.25, -0.2) is 0 Å². The van der Waals surface area contributed by atoms with Gasteiger partial charge in [-0.15, -0.1) is 11.3 Å². The third kappa shape index (κ3) is 5.95. The molecular formula is C25H26N2O3S. The molecule has 160 valence electrons. The molecule has 1 aliphatic rings. The monoisotopic (exact) mass is 434 g/mol. The van der Waals surface area contributed by atoms with Gasteiger partial charge in [0.2, 0.25) is 0 Å². The first kappa shape index (κ1) is 21.1. The molecule has 2 N–H and O–H groups in total. The number of nitrogens with one attached hydrogen (secondary N) is 2. The second-order valence-corrected chi connectivity index (χ2v) is 8.70. The quantitative estimate of drug-likeness (QED) is 0.474. The average Bonchev–Trinajstić information content (AvgIpc) is 3.35. The maximum atomic E-state index is 12.2. The Balaban J connectivity index is 1.23. The number of hydrogen-bond donors (Lipinski definition) is 2. The predicted molar refractivity (Wildman–Crippen MR) is 125 cm³/mol. The Hall–Kier alpha value is -3.12. The SMILES string of the molecule is O=C(COc1ccc(C2CCCCC2)cc1)Nc1ccc(NC(=O)c2cccs2)cc1. The Morgan fingerprint density at radius 3 is 2.19 bits per heavy atom. The van der Waals surface area contributed by atoms with Gasteiger partial charge in [0, 0.05) is 11.4 Å². The van der Waals surface area contributed by atoms with E-state index in [1.54, 1.807) is 30.3 Å². The van der Waals surface area contributed by atoms with Crippen LogP contribution in [0.3, 0.4) is 0 Å². The molecular weight excluding hydrogens is 408 g/mol. The average molecular weight is 435 g/mol. The molecule has 31 heavy (non-hydrogen) atoms. The van der Waals surface area contributed by atoms with Crippen LogP contribution in [0.4, 0.5) is 11.4 Å². The summed E-state index contributed by atoms with van der Waals surface area (Å²) in [5.41, 5.74) is 2.68. The zero-order valence-electron chi connectivity index (χ0n) is 17.3. The molecule has 0 spiro atoms. The lowest BCUT2D eigenvalue weighted by Crippen LogP contribution is -2.20. The molecule has 3 aromatic rings. The first-order valence-electron chi connectivity index (χ1n) is 10.6. The molecule has 0 atom stereocenters. The van der Waals surface area contributed by atoms with Crippen LogP contribution in [-0.4, -0.2) is 18.4 Å². The van der Waals surface area contributed by atoms with Crippen LogP contribution in [0.5, 0.6) is 5.75 Å². The van der Waals surface area contributed by atoms with Crippen molar-refractivity contribution in [3.05, 3.63) is 76.5 Å². The molecule has 2 amide bonds. The van der Waals surface area contributed by atoms with Crippen molar-refractivity contribution >= 4 is 34.5 Å². The fourth-order valence-corrected chi connectivity index (χ4v) is 4.47. The molecule has 0 aliphatic heterocycles. The van der Waals surface area contributed by atoms with Crippen molar-refractivity contribution in [2.45, 2.75) is 38.0 Å². The smallest absolute Gasteiger partial charge is 0.265 e. The highest BCUT2D eigenvalue weighted by Crippen LogP contribution is 2.33. The van der Waals surface area contributed by atoms with E-state index in [-0.39, 0.29) is 18.4 Å². The Morgan fingerprint density at radius 1 is 0.871 bits per heavy atom. The topological polar surface area (TPSA) is 67.4 Å². The Morgan fingerprint density at radius 2 is 1.55 bits per heavy atom. The molecule has 1 aromatic heterocycles. The van der Waals surface area contributed by atoms with Crippen LogP contribution < -0.4 is 15.4 Å². The molecule has 0 unspecified atom stereocenters. The molecule has 1 heterocycles. The number of rotatable bonds is 7. The van der Waals surface area contributed by atoms with Gasteiger partial charge in [-0.3, -0.25) is 9.59 Å². The van der Waals surface area contributed by atoms with Crippen LogP contribution in [-0.2, 0) is 4.79 Å². The van der Waals surface area contributed by atoms with Crippen LogP contribution in [0.2, 0.25) is 0 Å². The highest BCUT2D eigenvalue weighted by Gasteiger charge is 2.15. The van der Waals surface area contributed by atoms with Crippen LogP contribution >= 0.6 is 11.3 Å². The number of benzene rings is 2. The summed E-state index contributed by atoms with van der Waals surface area (Å²) in [6.45, 7) is -0.0559. The number of anilines is 2. The van der Waals surface area contributed by atoms with Gasteiger partial charge in [0.25, 0.3) is 11.8 Å². The summed E-state index contributed by atoms with van der Waals surface area (Å²) in [6, 6.07) is 18.8. The van der Waals surface area contributed by atoms with Crippen molar-refractivity contribution in [1.82, 2.24) is 0 Å². The minimum Gasteiger partial charge on any atom is -0.484 e. The number of hydrogen-bond acceptors (Lipinski definition) is 4. The minimum atomic E-state index is -0.230. The zero-order chi connectivity index (χ0) is 21.5. The summed E-state index contributed by atoms with van der Waals surface area (Å²) in [7, 11) is 0.